The van der Waals surface area contributed by atoms with Crippen LogP contribution in [0.2, 0.25) is 0 Å². The van der Waals surface area contributed by atoms with Crippen LogP contribution in [-0.2, 0) is 4.74 Å². The molecule has 0 aromatic heterocycles. The van der Waals surface area contributed by atoms with Crippen molar-refractivity contribution < 1.29 is 14.6 Å². The van der Waals surface area contributed by atoms with E-state index >= 15 is 0 Å². The summed E-state index contributed by atoms with van der Waals surface area (Å²) in [5.74, 6) is 0. The number of nitrogens with zero attached hydrogens (tertiary/aromatic N) is 1. The largest absolute Gasteiger partial charge is 0.506 e. The van der Waals surface area contributed by atoms with E-state index in [0.717, 1.165) is 0 Å². The fraction of sp³-hybridized carbons (Fsp3) is 0.800. The van der Waals surface area contributed by atoms with E-state index in [0.29, 0.717) is 0 Å². The third-order valence-corrected chi connectivity index (χ3v) is 1.13. The molecule has 0 aromatic carbocycles. The van der Waals surface area contributed by atoms with Crippen molar-refractivity contribution in [3.8, 4) is 0 Å². The van der Waals surface area contributed by atoms with Crippen molar-refractivity contribution in [2.75, 3.05) is 0 Å². The molecule has 58 valence electrons. The Kier molecular flexibility index (Phi) is 3.38. The minimum atomic E-state index is -1.39. The van der Waals surface area contributed by atoms with Crippen LogP contribution in [0.5, 0.6) is 0 Å². The Balaban J connectivity index is 3.71. The highest BCUT2D eigenvalue weighted by Gasteiger charge is 2.15. The van der Waals surface area contributed by atoms with Gasteiger partial charge in [0.05, 0.1) is 0 Å². The fourth-order valence-electron chi connectivity index (χ4n) is 0.343. The molecule has 0 saturated heterocycles. The molecule has 5 heteroatoms. The second kappa shape index (κ2) is 3.81. The minimum Gasteiger partial charge on any atom is -0.450 e. The summed E-state index contributed by atoms with van der Waals surface area (Å²) in [6.45, 7) is 2.96. The summed E-state index contributed by atoms with van der Waals surface area (Å²) in [5.41, 5.74) is 0. The zero-order valence-corrected chi connectivity index (χ0v) is 5.77. The van der Waals surface area contributed by atoms with Gasteiger partial charge in [0.25, 0.3) is 0 Å². The molecule has 0 aliphatic rings. The van der Waals surface area contributed by atoms with Gasteiger partial charge in [-0.2, -0.15) is 4.91 Å². The molecule has 0 spiro atoms. The molecule has 10 heavy (non-hydrogen) atoms. The molecule has 0 rings (SSSR count). The Morgan fingerprint density at radius 2 is 2.10 bits per heavy atom. The van der Waals surface area contributed by atoms with Crippen LogP contribution in [-0.4, -0.2) is 23.4 Å². The van der Waals surface area contributed by atoms with Gasteiger partial charge in [0.15, 0.2) is 0 Å². The molecule has 0 saturated carbocycles. The molecular formula is C5H9NO4. The van der Waals surface area contributed by atoms with E-state index in [-0.39, 0.29) is 0 Å². The number of carbonyl (C=O) groups is 1. The Bertz CT molecular complexity index is 136. The van der Waals surface area contributed by atoms with Crippen LogP contribution in [0.4, 0.5) is 4.79 Å². The van der Waals surface area contributed by atoms with Crippen molar-refractivity contribution in [2.45, 2.75) is 26.0 Å². The standard InChI is InChI=1S/C5H9NO4/c1-3(6-9)4(2)10-5(7)8/h3-4H,1-2H3,(H,7,8)/t3-,4?/m1/s1. The average molecular weight is 147 g/mol. The average Bonchev–Trinajstić information content (AvgIpc) is 1.85. The fourth-order valence-corrected chi connectivity index (χ4v) is 0.343. The van der Waals surface area contributed by atoms with Crippen LogP contribution in [0.25, 0.3) is 0 Å². The summed E-state index contributed by atoms with van der Waals surface area (Å²) >= 11 is 0. The summed E-state index contributed by atoms with van der Waals surface area (Å²) in [7, 11) is 0. The monoisotopic (exact) mass is 147 g/mol. The highest BCUT2D eigenvalue weighted by Crippen LogP contribution is 2.01. The lowest BCUT2D eigenvalue weighted by atomic mass is 10.2. The maximum Gasteiger partial charge on any atom is 0.506 e. The molecule has 0 amide bonds. The molecule has 2 atom stereocenters. The maximum atomic E-state index is 9.86. The number of hydrogen-bond donors (Lipinski definition) is 1. The van der Waals surface area contributed by atoms with E-state index in [1.807, 2.05) is 0 Å². The third kappa shape index (κ3) is 3.01. The van der Waals surface area contributed by atoms with Crippen LogP contribution in [0.3, 0.4) is 0 Å². The van der Waals surface area contributed by atoms with E-state index < -0.39 is 18.3 Å². The highest BCUT2D eigenvalue weighted by atomic mass is 16.7. The molecule has 0 radical (unpaired) electrons. The smallest absolute Gasteiger partial charge is 0.450 e. The molecule has 0 aromatic rings. The summed E-state index contributed by atoms with van der Waals surface area (Å²) < 4.78 is 4.23. The number of carboxylic acid groups (broad SMARTS) is 1. The van der Waals surface area contributed by atoms with Crippen molar-refractivity contribution in [2.24, 2.45) is 5.18 Å². The summed E-state index contributed by atoms with van der Waals surface area (Å²) in [6, 6.07) is -0.629. The summed E-state index contributed by atoms with van der Waals surface area (Å²) in [6.07, 6.45) is -2.06. The van der Waals surface area contributed by atoms with Gasteiger partial charge in [-0.05, 0) is 13.8 Å². The zero-order valence-electron chi connectivity index (χ0n) is 5.77. The summed E-state index contributed by atoms with van der Waals surface area (Å²) in [5, 5.41) is 10.7. The number of ether oxygens (including phenoxy) is 1. The van der Waals surface area contributed by atoms with Crippen molar-refractivity contribution in [1.29, 1.82) is 0 Å². The van der Waals surface area contributed by atoms with Gasteiger partial charge in [0.1, 0.15) is 12.1 Å². The quantitative estimate of drug-likeness (QED) is 0.481. The van der Waals surface area contributed by atoms with Gasteiger partial charge in [0, 0.05) is 0 Å². The first-order valence-electron chi connectivity index (χ1n) is 2.80. The second-order valence-electron chi connectivity index (χ2n) is 1.93. The lowest BCUT2D eigenvalue weighted by Crippen LogP contribution is -2.23. The van der Waals surface area contributed by atoms with Crippen molar-refractivity contribution in [3.63, 3.8) is 0 Å². The molecule has 0 aliphatic carbocycles. The number of hydrogen-bond acceptors (Lipinski definition) is 4. The first-order chi connectivity index (χ1) is 4.57. The van der Waals surface area contributed by atoms with Gasteiger partial charge >= 0.3 is 6.16 Å². The Hall–Kier alpha value is -1.13. The molecule has 1 unspecified atom stereocenters. The van der Waals surface area contributed by atoms with Crippen LogP contribution >= 0.6 is 0 Å². The van der Waals surface area contributed by atoms with Gasteiger partial charge in [-0.3, -0.25) is 0 Å². The molecule has 0 fully saturated rings. The van der Waals surface area contributed by atoms with Crippen molar-refractivity contribution >= 4 is 6.16 Å². The first-order valence-corrected chi connectivity index (χ1v) is 2.80. The van der Waals surface area contributed by atoms with E-state index in [1.54, 1.807) is 0 Å². The third-order valence-electron chi connectivity index (χ3n) is 1.13. The molecular weight excluding hydrogens is 138 g/mol. The molecule has 0 heterocycles. The van der Waals surface area contributed by atoms with E-state index in [1.165, 1.54) is 13.8 Å². The lowest BCUT2D eigenvalue weighted by Gasteiger charge is -2.10. The van der Waals surface area contributed by atoms with Crippen LogP contribution in [0.1, 0.15) is 13.8 Å². The first kappa shape index (κ1) is 8.87. The normalized spacial score (nSPS) is 15.4. The van der Waals surface area contributed by atoms with Gasteiger partial charge in [-0.15, -0.1) is 0 Å². The Labute approximate surface area is 58.0 Å². The SMILES string of the molecule is CC(OC(=O)O)[C@@H](C)N=O. The Morgan fingerprint density at radius 1 is 1.60 bits per heavy atom. The predicted octanol–water partition coefficient (Wildman–Crippen LogP) is 1.22. The van der Waals surface area contributed by atoms with Gasteiger partial charge in [-0.1, -0.05) is 5.18 Å². The molecule has 0 aliphatic heterocycles. The minimum absolute atomic E-state index is 0.629. The van der Waals surface area contributed by atoms with Gasteiger partial charge < -0.3 is 9.84 Å². The lowest BCUT2D eigenvalue weighted by molar-refractivity contribution is 0.0511. The topological polar surface area (TPSA) is 76.0 Å². The number of nitroso groups, excluding NO2 is 1. The molecule has 1 N–H and O–H groups in total. The van der Waals surface area contributed by atoms with E-state index in [4.69, 9.17) is 5.11 Å². The second-order valence-corrected chi connectivity index (χ2v) is 1.93. The van der Waals surface area contributed by atoms with Crippen molar-refractivity contribution in [3.05, 3.63) is 4.91 Å². The van der Waals surface area contributed by atoms with Crippen LogP contribution in [0.15, 0.2) is 5.18 Å². The Morgan fingerprint density at radius 3 is 2.40 bits per heavy atom. The van der Waals surface area contributed by atoms with Crippen molar-refractivity contribution in [1.82, 2.24) is 0 Å². The highest BCUT2D eigenvalue weighted by molar-refractivity contribution is 5.57. The van der Waals surface area contributed by atoms with Crippen LogP contribution in [0, 0.1) is 4.91 Å². The van der Waals surface area contributed by atoms with Gasteiger partial charge in [-0.25, -0.2) is 4.79 Å². The zero-order chi connectivity index (χ0) is 8.15. The maximum absolute atomic E-state index is 9.86. The summed E-state index contributed by atoms with van der Waals surface area (Å²) in [4.78, 5) is 19.7. The number of rotatable bonds is 3. The molecule has 5 nitrogen and oxygen atoms in total. The van der Waals surface area contributed by atoms with E-state index in [2.05, 4.69) is 9.91 Å². The van der Waals surface area contributed by atoms with Gasteiger partial charge in [0.2, 0.25) is 0 Å². The molecule has 0 bridgehead atoms. The van der Waals surface area contributed by atoms with E-state index in [9.17, 15) is 9.70 Å². The van der Waals surface area contributed by atoms with Crippen LogP contribution < -0.4 is 0 Å². The predicted molar refractivity (Wildman–Crippen MR) is 33.8 cm³/mol.